The number of amides is 1. The molecule has 1 fully saturated rings. The molecule has 0 unspecified atom stereocenters. The Morgan fingerprint density at radius 1 is 0.917 bits per heavy atom. The minimum absolute atomic E-state index is 0.139. The Morgan fingerprint density at radius 2 is 1.64 bits per heavy atom. The summed E-state index contributed by atoms with van der Waals surface area (Å²) in [4.78, 5) is 29.8. The lowest BCUT2D eigenvalue weighted by molar-refractivity contribution is 0.0885. The molecule has 1 aliphatic rings. The number of fused-ring (bicyclic) bond motifs is 1. The van der Waals surface area contributed by atoms with E-state index in [1.165, 1.54) is 0 Å². The third-order valence-electron chi connectivity index (χ3n) is 6.76. The van der Waals surface area contributed by atoms with Gasteiger partial charge in [0.15, 0.2) is 0 Å². The maximum Gasteiger partial charge on any atom is 0.251 e. The highest BCUT2D eigenvalue weighted by atomic mass is 16.2. The summed E-state index contributed by atoms with van der Waals surface area (Å²) in [6, 6.07) is 26.2. The van der Waals surface area contributed by atoms with E-state index in [-0.39, 0.29) is 17.7 Å². The van der Waals surface area contributed by atoms with Crippen LogP contribution in [0.1, 0.15) is 33.6 Å². The van der Waals surface area contributed by atoms with Crippen molar-refractivity contribution in [3.63, 3.8) is 0 Å². The molecule has 0 bridgehead atoms. The van der Waals surface area contributed by atoms with Crippen molar-refractivity contribution in [3.05, 3.63) is 102 Å². The molecule has 3 aromatic carbocycles. The number of rotatable bonds is 6. The molecule has 6 nitrogen and oxygen atoms in total. The highest BCUT2D eigenvalue weighted by molar-refractivity contribution is 5.97. The molecular weight excluding hydrogens is 448 g/mol. The van der Waals surface area contributed by atoms with Crippen molar-refractivity contribution in [2.24, 2.45) is 5.92 Å². The van der Waals surface area contributed by atoms with Crippen molar-refractivity contribution < 1.29 is 9.59 Å². The number of imidazole rings is 1. The molecule has 1 amide bonds. The van der Waals surface area contributed by atoms with Crippen molar-refractivity contribution in [2.75, 3.05) is 7.05 Å². The van der Waals surface area contributed by atoms with Gasteiger partial charge >= 0.3 is 0 Å². The molecule has 0 atom stereocenters. The molecule has 2 heterocycles. The first-order valence-electron chi connectivity index (χ1n) is 12.2. The van der Waals surface area contributed by atoms with Gasteiger partial charge in [-0.2, -0.15) is 0 Å². The first kappa shape index (κ1) is 22.0. The summed E-state index contributed by atoms with van der Waals surface area (Å²) in [6.07, 6.45) is 5.71. The lowest BCUT2D eigenvalue weighted by Gasteiger charge is -2.10. The zero-order valence-corrected chi connectivity index (χ0v) is 20.0. The van der Waals surface area contributed by atoms with E-state index in [2.05, 4.69) is 46.3 Å². The third-order valence-corrected chi connectivity index (χ3v) is 6.76. The van der Waals surface area contributed by atoms with E-state index >= 15 is 0 Å². The maximum absolute atomic E-state index is 12.5. The van der Waals surface area contributed by atoms with Crippen LogP contribution in [0.3, 0.4) is 0 Å². The molecular formula is C30H26N4O2. The minimum atomic E-state index is -0.139. The van der Waals surface area contributed by atoms with Gasteiger partial charge in [-0.1, -0.05) is 54.6 Å². The molecule has 1 saturated carbocycles. The van der Waals surface area contributed by atoms with E-state index in [9.17, 15) is 9.59 Å². The second kappa shape index (κ2) is 8.96. The largest absolute Gasteiger partial charge is 0.355 e. The summed E-state index contributed by atoms with van der Waals surface area (Å²) in [5, 5.41) is 2.70. The van der Waals surface area contributed by atoms with Crippen LogP contribution in [-0.2, 0) is 6.54 Å². The van der Waals surface area contributed by atoms with Crippen LogP contribution in [0.4, 0.5) is 0 Å². The summed E-state index contributed by atoms with van der Waals surface area (Å²) in [7, 11) is 1.63. The van der Waals surface area contributed by atoms with E-state index in [0.29, 0.717) is 12.1 Å². The predicted octanol–water partition coefficient (Wildman–Crippen LogP) is 5.63. The van der Waals surface area contributed by atoms with Gasteiger partial charge in [-0.05, 0) is 53.8 Å². The van der Waals surface area contributed by atoms with Gasteiger partial charge in [0.2, 0.25) is 5.91 Å². The zero-order valence-electron chi connectivity index (χ0n) is 20.0. The molecule has 2 aromatic heterocycles. The normalized spacial score (nSPS) is 13.1. The molecule has 5 aromatic rings. The monoisotopic (exact) mass is 474 g/mol. The number of carbonyl (C=O) groups excluding carboxylic acids is 2. The Balaban J connectivity index is 1.42. The topological polar surface area (TPSA) is 68.9 Å². The fourth-order valence-electron chi connectivity index (χ4n) is 4.63. The molecule has 0 aliphatic heterocycles. The van der Waals surface area contributed by atoms with Gasteiger partial charge in [-0.15, -0.1) is 0 Å². The van der Waals surface area contributed by atoms with Crippen LogP contribution in [0, 0.1) is 5.92 Å². The highest BCUT2D eigenvalue weighted by Crippen LogP contribution is 2.32. The lowest BCUT2D eigenvalue weighted by Crippen LogP contribution is -2.17. The molecule has 1 N–H and O–H groups in total. The molecule has 0 saturated heterocycles. The number of hydrogen-bond donors (Lipinski definition) is 1. The number of benzene rings is 3. The van der Waals surface area contributed by atoms with E-state index < -0.39 is 0 Å². The zero-order chi connectivity index (χ0) is 24.6. The maximum atomic E-state index is 12.5. The molecule has 6 rings (SSSR count). The van der Waals surface area contributed by atoms with E-state index in [0.717, 1.165) is 52.0 Å². The molecule has 1 aliphatic carbocycles. The van der Waals surface area contributed by atoms with Crippen LogP contribution in [0.15, 0.2) is 91.3 Å². The number of nitrogens with zero attached hydrogens (tertiary/aromatic N) is 3. The lowest BCUT2D eigenvalue weighted by atomic mass is 10.0. The van der Waals surface area contributed by atoms with Crippen molar-refractivity contribution in [3.8, 4) is 22.5 Å². The molecule has 0 radical (unpaired) electrons. The van der Waals surface area contributed by atoms with Gasteiger partial charge in [-0.3, -0.25) is 14.2 Å². The third kappa shape index (κ3) is 4.11. The number of carbonyl (C=O) groups is 2. The van der Waals surface area contributed by atoms with Crippen molar-refractivity contribution in [1.82, 2.24) is 19.4 Å². The number of aromatic nitrogens is 3. The smallest absolute Gasteiger partial charge is 0.251 e. The number of nitrogens with one attached hydrogen (secondary N) is 1. The second-order valence-corrected chi connectivity index (χ2v) is 9.29. The van der Waals surface area contributed by atoms with Crippen LogP contribution in [0.5, 0.6) is 0 Å². The minimum Gasteiger partial charge on any atom is -0.355 e. The molecule has 36 heavy (non-hydrogen) atoms. The van der Waals surface area contributed by atoms with E-state index in [4.69, 9.17) is 4.98 Å². The first-order valence-corrected chi connectivity index (χ1v) is 12.2. The average Bonchev–Trinajstić information content (AvgIpc) is 3.58. The van der Waals surface area contributed by atoms with Gasteiger partial charge < -0.3 is 9.88 Å². The van der Waals surface area contributed by atoms with Crippen molar-refractivity contribution in [2.45, 2.75) is 19.4 Å². The van der Waals surface area contributed by atoms with E-state index in [1.54, 1.807) is 17.7 Å². The second-order valence-electron chi connectivity index (χ2n) is 9.29. The van der Waals surface area contributed by atoms with Crippen LogP contribution in [0.25, 0.3) is 33.5 Å². The Hall–Kier alpha value is -4.45. The van der Waals surface area contributed by atoms with Crippen molar-refractivity contribution >= 4 is 22.8 Å². The Bertz CT molecular complexity index is 1570. The van der Waals surface area contributed by atoms with Crippen LogP contribution in [-0.4, -0.2) is 33.0 Å². The van der Waals surface area contributed by atoms with Gasteiger partial charge in [0.05, 0.1) is 17.6 Å². The quantitative estimate of drug-likeness (QED) is 0.347. The van der Waals surface area contributed by atoms with Crippen LogP contribution in [0.2, 0.25) is 0 Å². The standard InChI is InChI=1S/C30H26N4O2/c1-31-29(35)25-13-14-26-27(17-25)34(19-20-15-16-33(18-20)30(36)24-11-12-24)28(32-26)23-9-7-22(8-10-23)21-5-3-2-4-6-21/h2-10,13-18,24H,11-12,19H2,1H3,(H,31,35). The highest BCUT2D eigenvalue weighted by Gasteiger charge is 2.30. The Labute approximate surface area is 209 Å². The first-order chi connectivity index (χ1) is 17.6. The van der Waals surface area contributed by atoms with Crippen LogP contribution < -0.4 is 5.32 Å². The summed E-state index contributed by atoms with van der Waals surface area (Å²) in [6.45, 7) is 0.536. The van der Waals surface area contributed by atoms with E-state index in [1.807, 2.05) is 48.8 Å². The van der Waals surface area contributed by atoms with Gasteiger partial charge in [0.25, 0.3) is 5.91 Å². The summed E-state index contributed by atoms with van der Waals surface area (Å²) >= 11 is 0. The summed E-state index contributed by atoms with van der Waals surface area (Å²) < 4.78 is 3.83. The van der Waals surface area contributed by atoms with Gasteiger partial charge in [0, 0.05) is 36.5 Å². The Kier molecular flexibility index (Phi) is 5.49. The van der Waals surface area contributed by atoms with Gasteiger partial charge in [-0.25, -0.2) is 4.98 Å². The molecule has 6 heteroatoms. The fraction of sp³-hybridized carbons (Fsp3) is 0.167. The predicted molar refractivity (Wildman–Crippen MR) is 141 cm³/mol. The molecule has 178 valence electrons. The average molecular weight is 475 g/mol. The summed E-state index contributed by atoms with van der Waals surface area (Å²) in [5.41, 5.74) is 6.57. The fourth-order valence-corrected chi connectivity index (χ4v) is 4.63. The number of hydrogen-bond acceptors (Lipinski definition) is 3. The Morgan fingerprint density at radius 3 is 2.36 bits per heavy atom. The van der Waals surface area contributed by atoms with Gasteiger partial charge in [0.1, 0.15) is 5.82 Å². The van der Waals surface area contributed by atoms with Crippen LogP contribution >= 0.6 is 0 Å². The molecule has 0 spiro atoms. The SMILES string of the molecule is CNC(=O)c1ccc2nc(-c3ccc(-c4ccccc4)cc3)n(Cc3ccn(C(=O)C4CC4)c3)c2c1. The van der Waals surface area contributed by atoms with Crippen molar-refractivity contribution in [1.29, 1.82) is 0 Å². The summed E-state index contributed by atoms with van der Waals surface area (Å²) in [5.74, 6) is 1.00.